The summed E-state index contributed by atoms with van der Waals surface area (Å²) in [5, 5.41) is 3.67. The molecule has 1 saturated heterocycles. The van der Waals surface area contributed by atoms with Gasteiger partial charge in [-0.3, -0.25) is 0 Å². The first-order valence-electron chi connectivity index (χ1n) is 6.71. The van der Waals surface area contributed by atoms with Gasteiger partial charge in [0.05, 0.1) is 6.10 Å². The van der Waals surface area contributed by atoms with E-state index < -0.39 is 0 Å². The molecule has 0 aromatic heterocycles. The highest BCUT2D eigenvalue weighted by Crippen LogP contribution is 2.26. The molecule has 0 aromatic carbocycles. The van der Waals surface area contributed by atoms with E-state index in [1.54, 1.807) is 0 Å². The predicted octanol–water partition coefficient (Wildman–Crippen LogP) is 2.72. The minimum atomic E-state index is 0.496. The van der Waals surface area contributed by atoms with Crippen molar-refractivity contribution in [1.29, 1.82) is 0 Å². The fourth-order valence-electron chi connectivity index (χ4n) is 2.92. The molecule has 2 fully saturated rings. The topological polar surface area (TPSA) is 21.3 Å². The lowest BCUT2D eigenvalue weighted by Crippen LogP contribution is -2.39. The maximum Gasteiger partial charge on any atom is 0.0700 e. The summed E-state index contributed by atoms with van der Waals surface area (Å²) in [5.41, 5.74) is 0. The summed E-state index contributed by atoms with van der Waals surface area (Å²) in [6.07, 6.45) is 10.2. The van der Waals surface area contributed by atoms with Crippen LogP contribution in [0.4, 0.5) is 0 Å². The SMILES string of the molecule is C[C@@H](NC[C@H]1CCCO1)C1CCCCC1. The highest BCUT2D eigenvalue weighted by atomic mass is 16.5. The van der Waals surface area contributed by atoms with E-state index in [1.165, 1.54) is 44.9 Å². The number of nitrogens with one attached hydrogen (secondary N) is 1. The molecule has 1 aliphatic heterocycles. The summed E-state index contributed by atoms with van der Waals surface area (Å²) in [4.78, 5) is 0. The summed E-state index contributed by atoms with van der Waals surface area (Å²) in [6, 6.07) is 0.689. The number of hydrogen-bond donors (Lipinski definition) is 1. The van der Waals surface area contributed by atoms with Crippen LogP contribution in [0.3, 0.4) is 0 Å². The second-order valence-electron chi connectivity index (χ2n) is 5.23. The first-order chi connectivity index (χ1) is 7.36. The van der Waals surface area contributed by atoms with Crippen molar-refractivity contribution in [3.8, 4) is 0 Å². The van der Waals surface area contributed by atoms with E-state index in [1.807, 2.05) is 0 Å². The van der Waals surface area contributed by atoms with Crippen molar-refractivity contribution in [2.45, 2.75) is 64.0 Å². The van der Waals surface area contributed by atoms with Gasteiger partial charge in [0.2, 0.25) is 0 Å². The highest BCUT2D eigenvalue weighted by Gasteiger charge is 2.21. The largest absolute Gasteiger partial charge is 0.377 e. The fourth-order valence-corrected chi connectivity index (χ4v) is 2.92. The van der Waals surface area contributed by atoms with Crippen LogP contribution in [0.1, 0.15) is 51.9 Å². The third kappa shape index (κ3) is 3.46. The molecule has 0 spiro atoms. The van der Waals surface area contributed by atoms with Gasteiger partial charge in [-0.25, -0.2) is 0 Å². The van der Waals surface area contributed by atoms with E-state index in [2.05, 4.69) is 12.2 Å². The minimum Gasteiger partial charge on any atom is -0.377 e. The lowest BCUT2D eigenvalue weighted by atomic mass is 9.84. The van der Waals surface area contributed by atoms with Crippen LogP contribution in [0, 0.1) is 5.92 Å². The van der Waals surface area contributed by atoms with Crippen LogP contribution in [-0.2, 0) is 4.74 Å². The third-order valence-electron chi connectivity index (χ3n) is 4.05. The Hall–Kier alpha value is -0.0800. The van der Waals surface area contributed by atoms with Crippen molar-refractivity contribution in [2.75, 3.05) is 13.2 Å². The zero-order valence-corrected chi connectivity index (χ0v) is 10.0. The molecule has 1 aliphatic carbocycles. The Bertz CT molecular complexity index is 171. The normalized spacial score (nSPS) is 30.6. The zero-order valence-electron chi connectivity index (χ0n) is 10.0. The van der Waals surface area contributed by atoms with Crippen LogP contribution in [0.25, 0.3) is 0 Å². The first kappa shape index (κ1) is 11.4. The zero-order chi connectivity index (χ0) is 10.5. The van der Waals surface area contributed by atoms with E-state index in [0.29, 0.717) is 12.1 Å². The molecule has 1 saturated carbocycles. The molecule has 2 heteroatoms. The average Bonchev–Trinajstić information content (AvgIpc) is 2.80. The van der Waals surface area contributed by atoms with Crippen molar-refractivity contribution in [1.82, 2.24) is 5.32 Å². The Morgan fingerprint density at radius 2 is 1.93 bits per heavy atom. The van der Waals surface area contributed by atoms with Gasteiger partial charge in [0.1, 0.15) is 0 Å². The van der Waals surface area contributed by atoms with Gasteiger partial charge in [-0.2, -0.15) is 0 Å². The molecule has 15 heavy (non-hydrogen) atoms. The first-order valence-corrected chi connectivity index (χ1v) is 6.71. The van der Waals surface area contributed by atoms with Crippen LogP contribution < -0.4 is 5.32 Å². The van der Waals surface area contributed by atoms with Crippen LogP contribution in [0.5, 0.6) is 0 Å². The Balaban J connectivity index is 1.64. The molecule has 2 atom stereocenters. The van der Waals surface area contributed by atoms with Gasteiger partial charge in [0.25, 0.3) is 0 Å². The quantitative estimate of drug-likeness (QED) is 0.772. The maximum atomic E-state index is 5.63. The molecule has 0 bridgehead atoms. The molecular formula is C13H25NO. The van der Waals surface area contributed by atoms with Crippen LogP contribution >= 0.6 is 0 Å². The van der Waals surface area contributed by atoms with Gasteiger partial charge in [-0.15, -0.1) is 0 Å². The van der Waals surface area contributed by atoms with Crippen LogP contribution in [-0.4, -0.2) is 25.3 Å². The molecule has 1 N–H and O–H groups in total. The molecule has 0 amide bonds. The summed E-state index contributed by atoms with van der Waals surface area (Å²) >= 11 is 0. The van der Waals surface area contributed by atoms with E-state index >= 15 is 0 Å². The molecular weight excluding hydrogens is 186 g/mol. The van der Waals surface area contributed by atoms with Gasteiger partial charge in [0, 0.05) is 19.2 Å². The monoisotopic (exact) mass is 211 g/mol. The van der Waals surface area contributed by atoms with Crippen molar-refractivity contribution < 1.29 is 4.74 Å². The lowest BCUT2D eigenvalue weighted by molar-refractivity contribution is 0.104. The van der Waals surface area contributed by atoms with Crippen molar-refractivity contribution in [3.05, 3.63) is 0 Å². The molecule has 2 rings (SSSR count). The fraction of sp³-hybridized carbons (Fsp3) is 1.00. The van der Waals surface area contributed by atoms with Gasteiger partial charge < -0.3 is 10.1 Å². The second-order valence-corrected chi connectivity index (χ2v) is 5.23. The van der Waals surface area contributed by atoms with Crippen LogP contribution in [0.2, 0.25) is 0 Å². The van der Waals surface area contributed by atoms with Gasteiger partial charge in [-0.1, -0.05) is 19.3 Å². The summed E-state index contributed by atoms with van der Waals surface area (Å²) in [7, 11) is 0. The average molecular weight is 211 g/mol. The summed E-state index contributed by atoms with van der Waals surface area (Å²) < 4.78 is 5.63. The van der Waals surface area contributed by atoms with Gasteiger partial charge in [0.15, 0.2) is 0 Å². The molecule has 2 nitrogen and oxygen atoms in total. The van der Waals surface area contributed by atoms with Crippen LogP contribution in [0.15, 0.2) is 0 Å². The number of rotatable bonds is 4. The molecule has 88 valence electrons. The Morgan fingerprint density at radius 1 is 1.13 bits per heavy atom. The van der Waals surface area contributed by atoms with E-state index in [4.69, 9.17) is 4.74 Å². The third-order valence-corrected chi connectivity index (χ3v) is 4.05. The molecule has 1 heterocycles. The summed E-state index contributed by atoms with van der Waals surface area (Å²) in [6.45, 7) is 4.40. The minimum absolute atomic E-state index is 0.496. The van der Waals surface area contributed by atoms with Crippen molar-refractivity contribution in [2.24, 2.45) is 5.92 Å². The van der Waals surface area contributed by atoms with Crippen molar-refractivity contribution >= 4 is 0 Å². The Morgan fingerprint density at radius 3 is 2.60 bits per heavy atom. The van der Waals surface area contributed by atoms with Gasteiger partial charge in [-0.05, 0) is 38.5 Å². The summed E-state index contributed by atoms with van der Waals surface area (Å²) in [5.74, 6) is 0.917. The molecule has 0 aromatic rings. The second kappa shape index (κ2) is 5.86. The van der Waals surface area contributed by atoms with Crippen molar-refractivity contribution in [3.63, 3.8) is 0 Å². The molecule has 0 radical (unpaired) electrons. The predicted molar refractivity (Wildman–Crippen MR) is 63.0 cm³/mol. The van der Waals surface area contributed by atoms with E-state index in [0.717, 1.165) is 19.1 Å². The molecule has 0 unspecified atom stereocenters. The maximum absolute atomic E-state index is 5.63. The molecule has 2 aliphatic rings. The Labute approximate surface area is 93.8 Å². The number of ether oxygens (including phenoxy) is 1. The Kier molecular flexibility index (Phi) is 4.45. The lowest BCUT2D eigenvalue weighted by Gasteiger charge is -2.29. The van der Waals surface area contributed by atoms with E-state index in [-0.39, 0.29) is 0 Å². The smallest absolute Gasteiger partial charge is 0.0700 e. The standard InChI is InChI=1S/C13H25NO/c1-11(12-6-3-2-4-7-12)14-10-13-8-5-9-15-13/h11-14H,2-10H2,1H3/t11-,13-/m1/s1. The number of hydrogen-bond acceptors (Lipinski definition) is 2. The highest BCUT2D eigenvalue weighted by molar-refractivity contribution is 4.78. The van der Waals surface area contributed by atoms with E-state index in [9.17, 15) is 0 Å². The van der Waals surface area contributed by atoms with Gasteiger partial charge >= 0.3 is 0 Å².